The third kappa shape index (κ3) is 1.82. The van der Waals surface area contributed by atoms with Crippen LogP contribution in [0, 0.1) is 0 Å². The van der Waals surface area contributed by atoms with E-state index in [0.29, 0.717) is 6.61 Å². The maximum absolute atomic E-state index is 12.1. The molecule has 3 rings (SSSR count). The van der Waals surface area contributed by atoms with Crippen molar-refractivity contribution >= 4 is 11.8 Å². The van der Waals surface area contributed by atoms with E-state index in [2.05, 4.69) is 6.58 Å². The molecule has 2 amide bonds. The normalized spacial score (nSPS) is 25.3. The minimum absolute atomic E-state index is 0.0333. The van der Waals surface area contributed by atoms with Gasteiger partial charge >= 0.3 is 0 Å². The van der Waals surface area contributed by atoms with E-state index in [4.69, 9.17) is 4.84 Å². The number of hydrogen-bond donors (Lipinski definition) is 0. The molecule has 0 radical (unpaired) electrons. The quantitative estimate of drug-likeness (QED) is 0.599. The zero-order valence-corrected chi connectivity index (χ0v) is 10.4. The highest BCUT2D eigenvalue weighted by Crippen LogP contribution is 2.33. The molecule has 2 fully saturated rings. The summed E-state index contributed by atoms with van der Waals surface area (Å²) >= 11 is 0. The lowest BCUT2D eigenvalue weighted by Crippen LogP contribution is -2.53. The molecule has 0 bridgehead atoms. The van der Waals surface area contributed by atoms with Crippen molar-refractivity contribution in [2.75, 3.05) is 0 Å². The molecule has 0 spiro atoms. The largest absolute Gasteiger partial charge is 0.304 e. The first-order chi connectivity index (χ1) is 9.22. The molecule has 2 saturated heterocycles. The van der Waals surface area contributed by atoms with Gasteiger partial charge in [0.15, 0.2) is 6.17 Å². The topological polar surface area (TPSA) is 49.9 Å². The second-order valence-corrected chi connectivity index (χ2v) is 4.59. The van der Waals surface area contributed by atoms with Crippen LogP contribution in [0.25, 0.3) is 0 Å². The monoisotopic (exact) mass is 258 g/mol. The summed E-state index contributed by atoms with van der Waals surface area (Å²) in [6.07, 6.45) is 1.34. The van der Waals surface area contributed by atoms with Crippen LogP contribution in [-0.2, 0) is 21.0 Å². The minimum atomic E-state index is -0.484. The van der Waals surface area contributed by atoms with E-state index >= 15 is 0 Å². The minimum Gasteiger partial charge on any atom is -0.304 e. The predicted molar refractivity (Wildman–Crippen MR) is 67.3 cm³/mol. The molecule has 2 heterocycles. The number of benzene rings is 1. The first kappa shape index (κ1) is 11.9. The van der Waals surface area contributed by atoms with Crippen LogP contribution in [0.5, 0.6) is 0 Å². The smallest absolute Gasteiger partial charge is 0.271 e. The van der Waals surface area contributed by atoms with Gasteiger partial charge in [-0.2, -0.15) is 5.06 Å². The number of carbonyl (C=O) groups is 2. The van der Waals surface area contributed by atoms with Gasteiger partial charge < -0.3 is 4.90 Å². The van der Waals surface area contributed by atoms with E-state index in [1.807, 2.05) is 30.3 Å². The molecule has 0 saturated carbocycles. The molecule has 0 aliphatic carbocycles. The second kappa shape index (κ2) is 4.51. The van der Waals surface area contributed by atoms with Crippen molar-refractivity contribution < 1.29 is 14.4 Å². The van der Waals surface area contributed by atoms with Gasteiger partial charge in [0.1, 0.15) is 12.6 Å². The number of rotatable bonds is 4. The van der Waals surface area contributed by atoms with Gasteiger partial charge in [-0.05, 0) is 11.6 Å². The maximum atomic E-state index is 12.1. The lowest BCUT2D eigenvalue weighted by molar-refractivity contribution is -0.195. The van der Waals surface area contributed by atoms with Crippen LogP contribution in [0.4, 0.5) is 0 Å². The average Bonchev–Trinajstić information content (AvgIpc) is 2.65. The fourth-order valence-electron chi connectivity index (χ4n) is 2.43. The summed E-state index contributed by atoms with van der Waals surface area (Å²) in [4.78, 5) is 30.6. The van der Waals surface area contributed by atoms with Gasteiger partial charge in [0, 0.05) is 0 Å². The molecule has 0 N–H and O–H groups in total. The lowest BCUT2D eigenvalue weighted by atomic mass is 10.0. The van der Waals surface area contributed by atoms with E-state index in [1.165, 1.54) is 9.96 Å². The van der Waals surface area contributed by atoms with E-state index < -0.39 is 6.17 Å². The molecular weight excluding hydrogens is 244 g/mol. The highest BCUT2D eigenvalue weighted by Gasteiger charge is 2.55. The van der Waals surface area contributed by atoms with Gasteiger partial charge in [-0.15, -0.1) is 0 Å². The van der Waals surface area contributed by atoms with Crippen molar-refractivity contribution in [1.29, 1.82) is 0 Å². The molecule has 1 aromatic rings. The van der Waals surface area contributed by atoms with Gasteiger partial charge in [-0.25, -0.2) is 0 Å². The number of hydroxylamine groups is 2. The Morgan fingerprint density at radius 2 is 2.05 bits per heavy atom. The zero-order chi connectivity index (χ0) is 13.4. The van der Waals surface area contributed by atoms with Gasteiger partial charge in [0.2, 0.25) is 5.91 Å². The molecule has 2 atom stereocenters. The Hall–Kier alpha value is -2.14. The summed E-state index contributed by atoms with van der Waals surface area (Å²) in [6, 6.07) is 9.21. The summed E-state index contributed by atoms with van der Waals surface area (Å²) in [5.74, 6) is -0.200. The van der Waals surface area contributed by atoms with Crippen LogP contribution in [0.15, 0.2) is 43.0 Å². The lowest BCUT2D eigenvalue weighted by Gasteiger charge is -2.34. The molecule has 5 nitrogen and oxygen atoms in total. The Labute approximate surface area is 111 Å². The fourth-order valence-corrected chi connectivity index (χ4v) is 2.43. The first-order valence-electron chi connectivity index (χ1n) is 6.16. The number of β-lactam (4-membered cyclic amide) rings is 1. The van der Waals surface area contributed by atoms with Crippen LogP contribution in [-0.4, -0.2) is 34.0 Å². The van der Waals surface area contributed by atoms with E-state index in [0.717, 1.165) is 5.56 Å². The molecular formula is C14H14N2O3. The highest BCUT2D eigenvalue weighted by molar-refractivity contribution is 6.00. The predicted octanol–water partition coefficient (Wildman–Crippen LogP) is 1.07. The molecule has 0 unspecified atom stereocenters. The summed E-state index contributed by atoms with van der Waals surface area (Å²) in [7, 11) is 0. The number of amides is 2. The van der Waals surface area contributed by atoms with Crippen molar-refractivity contribution in [2.24, 2.45) is 0 Å². The Morgan fingerprint density at radius 3 is 2.68 bits per heavy atom. The van der Waals surface area contributed by atoms with Crippen LogP contribution in [0.3, 0.4) is 0 Å². The number of nitrogens with zero attached hydrogens (tertiary/aromatic N) is 2. The van der Waals surface area contributed by atoms with Gasteiger partial charge in [-0.3, -0.25) is 14.4 Å². The standard InChI is InChI=1S/C14H14N2O3/c1-2-12-15-11(8-13(15)17)14(18)16(12)19-9-10-6-4-3-5-7-10/h2-7,11-12H,1,8-9H2/t11-,12+/m0/s1. The van der Waals surface area contributed by atoms with Crippen molar-refractivity contribution in [1.82, 2.24) is 9.96 Å². The Balaban J connectivity index is 1.71. The number of carbonyl (C=O) groups excluding carboxylic acids is 2. The maximum Gasteiger partial charge on any atom is 0.271 e. The van der Waals surface area contributed by atoms with Crippen molar-refractivity contribution in [3.8, 4) is 0 Å². The molecule has 0 aromatic heterocycles. The fraction of sp³-hybridized carbons (Fsp3) is 0.286. The highest BCUT2D eigenvalue weighted by atomic mass is 16.7. The van der Waals surface area contributed by atoms with E-state index in [9.17, 15) is 9.59 Å². The number of fused-ring (bicyclic) bond motifs is 1. The Morgan fingerprint density at radius 1 is 1.32 bits per heavy atom. The van der Waals surface area contributed by atoms with E-state index in [1.54, 1.807) is 6.08 Å². The van der Waals surface area contributed by atoms with Gasteiger partial charge in [0.25, 0.3) is 5.91 Å². The summed E-state index contributed by atoms with van der Waals surface area (Å²) in [6.45, 7) is 3.97. The second-order valence-electron chi connectivity index (χ2n) is 4.59. The van der Waals surface area contributed by atoms with Crippen LogP contribution < -0.4 is 0 Å². The van der Waals surface area contributed by atoms with Crippen LogP contribution in [0.2, 0.25) is 0 Å². The SMILES string of the molecule is C=C[C@H]1N(OCc2ccccc2)C(=O)[C@@H]2CC(=O)N21. The molecule has 1 aromatic carbocycles. The average molecular weight is 258 g/mol. The number of hydrogen-bond acceptors (Lipinski definition) is 3. The van der Waals surface area contributed by atoms with Crippen LogP contribution >= 0.6 is 0 Å². The molecule has 98 valence electrons. The van der Waals surface area contributed by atoms with E-state index in [-0.39, 0.29) is 24.3 Å². The third-order valence-corrected chi connectivity index (χ3v) is 3.44. The van der Waals surface area contributed by atoms with Crippen molar-refractivity contribution in [3.05, 3.63) is 48.6 Å². The van der Waals surface area contributed by atoms with Crippen molar-refractivity contribution in [2.45, 2.75) is 25.2 Å². The molecule has 2 aliphatic heterocycles. The molecule has 19 heavy (non-hydrogen) atoms. The Kier molecular flexibility index (Phi) is 2.83. The van der Waals surface area contributed by atoms with Crippen molar-refractivity contribution in [3.63, 3.8) is 0 Å². The molecule has 2 aliphatic rings. The summed E-state index contributed by atoms with van der Waals surface area (Å²) in [5.41, 5.74) is 0.971. The van der Waals surface area contributed by atoms with Gasteiger partial charge in [-0.1, -0.05) is 36.9 Å². The van der Waals surface area contributed by atoms with Gasteiger partial charge in [0.05, 0.1) is 6.42 Å². The summed E-state index contributed by atoms with van der Waals surface area (Å²) in [5, 5.41) is 1.26. The molecule has 5 heteroatoms. The summed E-state index contributed by atoms with van der Waals surface area (Å²) < 4.78 is 0. The zero-order valence-electron chi connectivity index (χ0n) is 10.4. The van der Waals surface area contributed by atoms with Crippen LogP contribution in [0.1, 0.15) is 12.0 Å². The first-order valence-corrected chi connectivity index (χ1v) is 6.16. The third-order valence-electron chi connectivity index (χ3n) is 3.44. The Bertz CT molecular complexity index is 529.